The van der Waals surface area contributed by atoms with Crippen molar-refractivity contribution < 1.29 is 8.42 Å². The van der Waals surface area contributed by atoms with E-state index in [9.17, 15) is 8.42 Å². The van der Waals surface area contributed by atoms with Crippen molar-refractivity contribution in [3.8, 4) is 0 Å². The van der Waals surface area contributed by atoms with Gasteiger partial charge in [-0.25, -0.2) is 13.4 Å². The van der Waals surface area contributed by atoms with E-state index >= 15 is 0 Å². The minimum atomic E-state index is -3.49. The summed E-state index contributed by atoms with van der Waals surface area (Å²) in [6, 6.07) is 1.44. The molecule has 1 heterocycles. The maximum Gasteiger partial charge on any atom is 0.244 e. The first-order valence-corrected chi connectivity index (χ1v) is 6.91. The number of rotatable bonds is 3. The maximum atomic E-state index is 12.1. The third-order valence-corrected chi connectivity index (χ3v) is 5.07. The molecular weight excluding hydrogens is 271 g/mol. The van der Waals surface area contributed by atoms with Crippen LogP contribution in [0.25, 0.3) is 0 Å². The molecule has 0 aliphatic heterocycles. The lowest BCUT2D eigenvalue weighted by Gasteiger charge is -2.16. The van der Waals surface area contributed by atoms with E-state index in [1.807, 2.05) is 0 Å². The highest BCUT2D eigenvalue weighted by Crippen LogP contribution is 2.31. The monoisotopic (exact) mass is 280 g/mol. The smallest absolute Gasteiger partial charge is 0.242 e. The molecular formula is C9H10Cl2N2O2S. The second-order valence-corrected chi connectivity index (χ2v) is 6.46. The van der Waals surface area contributed by atoms with Gasteiger partial charge in [-0.1, -0.05) is 23.2 Å². The molecule has 4 nitrogen and oxygen atoms in total. The van der Waals surface area contributed by atoms with Crippen LogP contribution in [-0.4, -0.2) is 30.8 Å². The van der Waals surface area contributed by atoms with Crippen LogP contribution in [0.3, 0.4) is 0 Å². The summed E-state index contributed by atoms with van der Waals surface area (Å²) in [5.74, 6) is 0. The van der Waals surface area contributed by atoms with Crippen molar-refractivity contribution >= 4 is 33.2 Å². The highest BCUT2D eigenvalue weighted by molar-refractivity contribution is 7.89. The van der Waals surface area contributed by atoms with Crippen molar-refractivity contribution in [2.45, 2.75) is 23.8 Å². The highest BCUT2D eigenvalue weighted by Gasteiger charge is 2.35. The normalized spacial score (nSPS) is 16.8. The van der Waals surface area contributed by atoms with Gasteiger partial charge in [0.2, 0.25) is 10.0 Å². The summed E-state index contributed by atoms with van der Waals surface area (Å²) in [6.07, 6.45) is 3.04. The first kappa shape index (κ1) is 12.1. The van der Waals surface area contributed by atoms with E-state index in [2.05, 4.69) is 4.98 Å². The number of nitrogens with zero attached hydrogens (tertiary/aromatic N) is 2. The number of hydrogen-bond acceptors (Lipinski definition) is 3. The van der Waals surface area contributed by atoms with Gasteiger partial charge in [-0.05, 0) is 18.9 Å². The predicted molar refractivity (Wildman–Crippen MR) is 62.2 cm³/mol. The Labute approximate surface area is 104 Å². The van der Waals surface area contributed by atoms with E-state index < -0.39 is 10.0 Å². The zero-order chi connectivity index (χ0) is 11.9. The highest BCUT2D eigenvalue weighted by atomic mass is 35.5. The topological polar surface area (TPSA) is 50.3 Å². The van der Waals surface area contributed by atoms with Crippen molar-refractivity contribution in [1.29, 1.82) is 0 Å². The largest absolute Gasteiger partial charge is 0.244 e. The summed E-state index contributed by atoms with van der Waals surface area (Å²) in [7, 11) is -1.92. The fraction of sp³-hybridized carbons (Fsp3) is 0.444. The van der Waals surface area contributed by atoms with Gasteiger partial charge in [0.25, 0.3) is 0 Å². The third-order valence-electron chi connectivity index (χ3n) is 2.51. The molecule has 2 rings (SSSR count). The predicted octanol–water partition coefficient (Wildman–Crippen LogP) is 2.17. The van der Waals surface area contributed by atoms with Gasteiger partial charge in [0, 0.05) is 19.3 Å². The minimum absolute atomic E-state index is 0.0799. The van der Waals surface area contributed by atoms with Crippen LogP contribution in [0, 0.1) is 0 Å². The third kappa shape index (κ3) is 2.18. The van der Waals surface area contributed by atoms with Gasteiger partial charge in [0.15, 0.2) is 0 Å². The lowest BCUT2D eigenvalue weighted by atomic mass is 10.5. The second-order valence-electron chi connectivity index (χ2n) is 3.70. The van der Waals surface area contributed by atoms with Gasteiger partial charge in [-0.2, -0.15) is 4.31 Å². The summed E-state index contributed by atoms with van der Waals surface area (Å²) in [5.41, 5.74) is 0. The lowest BCUT2D eigenvalue weighted by Crippen LogP contribution is -2.29. The SMILES string of the molecule is CN(C1CC1)S(=O)(=O)c1cnc(Cl)c(Cl)c1. The Morgan fingerprint density at radius 2 is 2.06 bits per heavy atom. The van der Waals surface area contributed by atoms with Gasteiger partial charge in [0.05, 0.1) is 5.02 Å². The molecule has 1 aliphatic rings. The van der Waals surface area contributed by atoms with Crippen LogP contribution in [0.5, 0.6) is 0 Å². The average Bonchev–Trinajstić information content (AvgIpc) is 3.04. The molecule has 1 saturated carbocycles. The van der Waals surface area contributed by atoms with E-state index in [-0.39, 0.29) is 21.1 Å². The zero-order valence-electron chi connectivity index (χ0n) is 8.52. The van der Waals surface area contributed by atoms with Gasteiger partial charge >= 0.3 is 0 Å². The molecule has 0 aromatic carbocycles. The summed E-state index contributed by atoms with van der Waals surface area (Å²) in [4.78, 5) is 3.81. The van der Waals surface area contributed by atoms with Crippen LogP contribution in [0.1, 0.15) is 12.8 Å². The van der Waals surface area contributed by atoms with Crippen LogP contribution >= 0.6 is 23.2 Å². The Bertz CT molecular complexity index is 514. The van der Waals surface area contributed by atoms with E-state index in [0.717, 1.165) is 12.8 Å². The van der Waals surface area contributed by atoms with Crippen LogP contribution in [0.15, 0.2) is 17.2 Å². The number of aromatic nitrogens is 1. The summed E-state index contributed by atoms with van der Waals surface area (Å²) in [6.45, 7) is 0. The molecule has 1 aliphatic carbocycles. The Morgan fingerprint density at radius 1 is 1.44 bits per heavy atom. The molecule has 0 unspecified atom stereocenters. The quantitative estimate of drug-likeness (QED) is 0.798. The molecule has 16 heavy (non-hydrogen) atoms. The van der Waals surface area contributed by atoms with Crippen molar-refractivity contribution in [2.24, 2.45) is 0 Å². The molecule has 7 heteroatoms. The standard InChI is InChI=1S/C9H10Cl2N2O2S/c1-13(6-2-3-6)16(14,15)7-4-8(10)9(11)12-5-7/h4-6H,2-3H2,1H3. The van der Waals surface area contributed by atoms with Crippen LogP contribution < -0.4 is 0 Å². The van der Waals surface area contributed by atoms with Gasteiger partial charge in [-0.15, -0.1) is 0 Å². The minimum Gasteiger partial charge on any atom is -0.242 e. The molecule has 1 fully saturated rings. The number of halogens is 2. The van der Waals surface area contributed by atoms with Crippen LogP contribution in [0.2, 0.25) is 10.2 Å². The Hall–Kier alpha value is -0.360. The van der Waals surface area contributed by atoms with Gasteiger partial charge < -0.3 is 0 Å². The van der Waals surface area contributed by atoms with Crippen LogP contribution in [-0.2, 0) is 10.0 Å². The first-order chi connectivity index (χ1) is 7.43. The van der Waals surface area contributed by atoms with E-state index in [4.69, 9.17) is 23.2 Å². The second kappa shape index (κ2) is 4.14. The molecule has 0 bridgehead atoms. The molecule has 1 aromatic heterocycles. The molecule has 0 atom stereocenters. The summed E-state index contributed by atoms with van der Waals surface area (Å²) in [5, 5.41) is 0.252. The average molecular weight is 281 g/mol. The molecule has 0 radical (unpaired) electrons. The molecule has 0 amide bonds. The summed E-state index contributed by atoms with van der Waals surface area (Å²) >= 11 is 11.4. The van der Waals surface area contributed by atoms with Crippen molar-refractivity contribution in [3.63, 3.8) is 0 Å². The number of pyridine rings is 1. The Balaban J connectivity index is 2.38. The van der Waals surface area contributed by atoms with Crippen molar-refractivity contribution in [3.05, 3.63) is 22.4 Å². The van der Waals surface area contributed by atoms with Crippen molar-refractivity contribution in [2.75, 3.05) is 7.05 Å². The molecule has 0 spiro atoms. The Kier molecular flexibility index (Phi) is 3.13. The fourth-order valence-electron chi connectivity index (χ4n) is 1.35. The number of hydrogen-bond donors (Lipinski definition) is 0. The van der Waals surface area contributed by atoms with Gasteiger partial charge in [-0.3, -0.25) is 0 Å². The van der Waals surface area contributed by atoms with E-state index in [1.165, 1.54) is 16.6 Å². The van der Waals surface area contributed by atoms with E-state index in [0.29, 0.717) is 0 Å². The molecule has 88 valence electrons. The van der Waals surface area contributed by atoms with E-state index in [1.54, 1.807) is 7.05 Å². The fourth-order valence-corrected chi connectivity index (χ4v) is 3.07. The number of sulfonamides is 1. The summed E-state index contributed by atoms with van der Waals surface area (Å²) < 4.78 is 25.5. The Morgan fingerprint density at radius 3 is 2.56 bits per heavy atom. The molecule has 0 N–H and O–H groups in total. The maximum absolute atomic E-state index is 12.1. The zero-order valence-corrected chi connectivity index (χ0v) is 10.8. The molecule has 1 aromatic rings. The van der Waals surface area contributed by atoms with Crippen molar-refractivity contribution in [1.82, 2.24) is 9.29 Å². The van der Waals surface area contributed by atoms with Crippen LogP contribution in [0.4, 0.5) is 0 Å². The first-order valence-electron chi connectivity index (χ1n) is 4.72. The van der Waals surface area contributed by atoms with Gasteiger partial charge in [0.1, 0.15) is 10.0 Å². The molecule has 0 saturated heterocycles. The lowest BCUT2D eigenvalue weighted by molar-refractivity contribution is 0.464.